The van der Waals surface area contributed by atoms with E-state index < -0.39 is 0 Å². The lowest BCUT2D eigenvalue weighted by atomic mass is 9.79. The van der Waals surface area contributed by atoms with Crippen molar-refractivity contribution in [1.82, 2.24) is 15.2 Å². The van der Waals surface area contributed by atoms with Gasteiger partial charge in [0.25, 0.3) is 0 Å². The molecule has 1 spiro atoms. The van der Waals surface area contributed by atoms with E-state index in [1.54, 1.807) is 0 Å². The van der Waals surface area contributed by atoms with Crippen molar-refractivity contribution in [3.8, 4) is 0 Å². The van der Waals surface area contributed by atoms with Gasteiger partial charge < -0.3 is 15.1 Å². The van der Waals surface area contributed by atoms with Crippen LogP contribution in [-0.2, 0) is 0 Å². The number of amides is 2. The zero-order valence-electron chi connectivity index (χ0n) is 15.1. The zero-order chi connectivity index (χ0) is 17.1. The van der Waals surface area contributed by atoms with Gasteiger partial charge in [-0.2, -0.15) is 0 Å². The number of hydrogen-bond acceptors (Lipinski definition) is 3. The first-order valence-corrected chi connectivity index (χ1v) is 9.96. The van der Waals surface area contributed by atoms with E-state index in [1.165, 1.54) is 32.1 Å². The molecule has 1 saturated carbocycles. The highest BCUT2D eigenvalue weighted by atomic mass is 16.2. The molecule has 1 unspecified atom stereocenters. The molecule has 5 heteroatoms. The van der Waals surface area contributed by atoms with Gasteiger partial charge in [0, 0.05) is 43.8 Å². The molecular formula is C20H30N4O. The van der Waals surface area contributed by atoms with Crippen LogP contribution >= 0.6 is 0 Å². The minimum atomic E-state index is 0.165. The standard InChI is InChI=1S/C20H30N4O/c25-19(22-17-7-2-1-3-8-17)24-14-11-20(16-24)10-6-13-23(15-20)18-9-4-5-12-21-18/h4-5,9,12,17H,1-3,6-8,10-11,13-16H2,(H,22,25). The topological polar surface area (TPSA) is 48.5 Å². The van der Waals surface area contributed by atoms with Gasteiger partial charge in [0.05, 0.1) is 0 Å². The van der Waals surface area contributed by atoms with E-state index in [1.807, 2.05) is 12.3 Å². The highest BCUT2D eigenvalue weighted by Crippen LogP contribution is 2.40. The number of rotatable bonds is 2. The lowest BCUT2D eigenvalue weighted by molar-refractivity contribution is 0.185. The Morgan fingerprint density at radius 1 is 1.08 bits per heavy atom. The molecule has 0 bridgehead atoms. The van der Waals surface area contributed by atoms with Crippen molar-refractivity contribution >= 4 is 11.8 Å². The van der Waals surface area contributed by atoms with Gasteiger partial charge in [-0.15, -0.1) is 0 Å². The summed E-state index contributed by atoms with van der Waals surface area (Å²) in [4.78, 5) is 21.7. The van der Waals surface area contributed by atoms with E-state index >= 15 is 0 Å². The molecule has 4 rings (SSSR count). The van der Waals surface area contributed by atoms with Crippen LogP contribution in [0.4, 0.5) is 10.6 Å². The Morgan fingerprint density at radius 2 is 1.96 bits per heavy atom. The molecule has 1 aromatic heterocycles. The maximum atomic E-state index is 12.7. The minimum absolute atomic E-state index is 0.165. The van der Waals surface area contributed by atoms with Crippen molar-refractivity contribution in [3.05, 3.63) is 24.4 Å². The van der Waals surface area contributed by atoms with Crippen LogP contribution in [-0.4, -0.2) is 48.1 Å². The quantitative estimate of drug-likeness (QED) is 0.896. The Labute approximate surface area is 150 Å². The van der Waals surface area contributed by atoms with Gasteiger partial charge in [-0.3, -0.25) is 0 Å². The van der Waals surface area contributed by atoms with E-state index in [0.29, 0.717) is 6.04 Å². The number of carbonyl (C=O) groups is 1. The first-order valence-electron chi connectivity index (χ1n) is 9.96. The van der Waals surface area contributed by atoms with Gasteiger partial charge in [-0.25, -0.2) is 9.78 Å². The monoisotopic (exact) mass is 342 g/mol. The number of carbonyl (C=O) groups excluding carboxylic acids is 1. The second kappa shape index (κ2) is 7.22. The summed E-state index contributed by atoms with van der Waals surface area (Å²) in [6.07, 6.45) is 11.5. The van der Waals surface area contributed by atoms with E-state index in [-0.39, 0.29) is 11.4 Å². The van der Waals surface area contributed by atoms with Gasteiger partial charge >= 0.3 is 6.03 Å². The van der Waals surface area contributed by atoms with Crippen molar-refractivity contribution in [2.24, 2.45) is 5.41 Å². The summed E-state index contributed by atoms with van der Waals surface area (Å²) < 4.78 is 0. The van der Waals surface area contributed by atoms with Crippen LogP contribution in [0.5, 0.6) is 0 Å². The van der Waals surface area contributed by atoms with Crippen LogP contribution in [0, 0.1) is 5.41 Å². The van der Waals surface area contributed by atoms with Gasteiger partial charge in [0.1, 0.15) is 5.82 Å². The predicted octanol–water partition coefficient (Wildman–Crippen LogP) is 3.42. The fourth-order valence-electron chi connectivity index (χ4n) is 4.90. The summed E-state index contributed by atoms with van der Waals surface area (Å²) in [5, 5.41) is 3.29. The normalized spacial score (nSPS) is 27.7. The molecule has 2 aliphatic heterocycles. The van der Waals surface area contributed by atoms with Gasteiger partial charge in [-0.1, -0.05) is 25.3 Å². The van der Waals surface area contributed by atoms with Crippen molar-refractivity contribution in [1.29, 1.82) is 0 Å². The largest absolute Gasteiger partial charge is 0.356 e. The van der Waals surface area contributed by atoms with Gasteiger partial charge in [0.15, 0.2) is 0 Å². The van der Waals surface area contributed by atoms with Crippen molar-refractivity contribution in [2.45, 2.75) is 57.4 Å². The van der Waals surface area contributed by atoms with Crippen molar-refractivity contribution < 1.29 is 4.79 Å². The molecule has 25 heavy (non-hydrogen) atoms. The number of piperidine rings is 1. The zero-order valence-corrected chi connectivity index (χ0v) is 15.1. The van der Waals surface area contributed by atoms with Crippen LogP contribution < -0.4 is 10.2 Å². The Balaban J connectivity index is 1.36. The summed E-state index contributed by atoms with van der Waals surface area (Å²) in [5.74, 6) is 1.08. The average Bonchev–Trinajstić information content (AvgIpc) is 3.07. The molecule has 3 aliphatic rings. The Hall–Kier alpha value is -1.78. The van der Waals surface area contributed by atoms with Crippen molar-refractivity contribution in [3.63, 3.8) is 0 Å². The maximum absolute atomic E-state index is 12.7. The van der Waals surface area contributed by atoms with Crippen LogP contribution in [0.1, 0.15) is 51.4 Å². The van der Waals surface area contributed by atoms with Crippen LogP contribution in [0.3, 0.4) is 0 Å². The highest BCUT2D eigenvalue weighted by molar-refractivity contribution is 5.75. The fourth-order valence-corrected chi connectivity index (χ4v) is 4.90. The number of anilines is 1. The Morgan fingerprint density at radius 3 is 2.76 bits per heavy atom. The van der Waals surface area contributed by atoms with Crippen LogP contribution in [0.15, 0.2) is 24.4 Å². The fraction of sp³-hybridized carbons (Fsp3) is 0.700. The number of pyridine rings is 1. The highest BCUT2D eigenvalue weighted by Gasteiger charge is 2.43. The molecule has 1 aliphatic carbocycles. The second-order valence-electron chi connectivity index (χ2n) is 8.17. The van der Waals surface area contributed by atoms with Crippen LogP contribution in [0.2, 0.25) is 0 Å². The lowest BCUT2D eigenvalue weighted by Crippen LogP contribution is -2.48. The molecular weight excluding hydrogens is 312 g/mol. The lowest BCUT2D eigenvalue weighted by Gasteiger charge is -2.41. The SMILES string of the molecule is O=C(NC1CCCCC1)N1CCC2(CCCN(c3ccccn3)C2)C1. The number of nitrogens with one attached hydrogen (secondary N) is 1. The number of likely N-dealkylation sites (tertiary alicyclic amines) is 1. The molecule has 1 aromatic rings. The molecule has 1 atom stereocenters. The molecule has 3 heterocycles. The Kier molecular flexibility index (Phi) is 4.82. The summed E-state index contributed by atoms with van der Waals surface area (Å²) >= 11 is 0. The molecule has 2 amide bonds. The summed E-state index contributed by atoms with van der Waals surface area (Å²) in [7, 11) is 0. The third-order valence-corrected chi connectivity index (χ3v) is 6.29. The van der Waals surface area contributed by atoms with Gasteiger partial charge in [-0.05, 0) is 44.2 Å². The molecule has 1 N–H and O–H groups in total. The van der Waals surface area contributed by atoms with E-state index in [2.05, 4.69) is 32.2 Å². The van der Waals surface area contributed by atoms with E-state index in [4.69, 9.17) is 0 Å². The second-order valence-corrected chi connectivity index (χ2v) is 8.17. The summed E-state index contributed by atoms with van der Waals surface area (Å²) in [6.45, 7) is 3.90. The number of nitrogens with zero attached hydrogens (tertiary/aromatic N) is 3. The minimum Gasteiger partial charge on any atom is -0.356 e. The predicted molar refractivity (Wildman–Crippen MR) is 99.7 cm³/mol. The molecule has 3 fully saturated rings. The molecule has 0 radical (unpaired) electrons. The first-order chi connectivity index (χ1) is 12.2. The third-order valence-electron chi connectivity index (χ3n) is 6.29. The number of urea groups is 1. The smallest absolute Gasteiger partial charge is 0.317 e. The van der Waals surface area contributed by atoms with Crippen molar-refractivity contribution in [2.75, 3.05) is 31.1 Å². The van der Waals surface area contributed by atoms with Crippen LogP contribution in [0.25, 0.3) is 0 Å². The summed E-state index contributed by atoms with van der Waals surface area (Å²) in [6, 6.07) is 6.69. The Bertz CT molecular complexity index is 587. The third kappa shape index (κ3) is 3.75. The molecule has 136 valence electrons. The number of hydrogen-bond donors (Lipinski definition) is 1. The molecule has 2 saturated heterocycles. The average molecular weight is 342 g/mol. The van der Waals surface area contributed by atoms with E-state index in [0.717, 1.165) is 51.3 Å². The van der Waals surface area contributed by atoms with Gasteiger partial charge in [0.2, 0.25) is 0 Å². The molecule has 0 aromatic carbocycles. The first kappa shape index (κ1) is 16.7. The summed E-state index contributed by atoms with van der Waals surface area (Å²) in [5.41, 5.74) is 0.250. The van der Waals surface area contributed by atoms with E-state index in [9.17, 15) is 4.79 Å². The maximum Gasteiger partial charge on any atom is 0.317 e. The number of aromatic nitrogens is 1. The molecule has 5 nitrogen and oxygen atoms in total.